The first-order valence-electron chi connectivity index (χ1n) is 11.4. The lowest BCUT2D eigenvalue weighted by molar-refractivity contribution is -0.117. The minimum atomic E-state index is -0.761. The molecule has 6 nitrogen and oxygen atoms in total. The quantitative estimate of drug-likeness (QED) is 0.444. The second-order valence-electron chi connectivity index (χ2n) is 8.73. The van der Waals surface area contributed by atoms with Gasteiger partial charge in [-0.05, 0) is 55.5 Å². The molecule has 2 heterocycles. The van der Waals surface area contributed by atoms with Crippen LogP contribution >= 0.6 is 0 Å². The van der Waals surface area contributed by atoms with E-state index >= 15 is 0 Å². The summed E-state index contributed by atoms with van der Waals surface area (Å²) in [5, 5.41) is 10.8. The summed E-state index contributed by atoms with van der Waals surface area (Å²) in [4.78, 5) is 19.3. The third kappa shape index (κ3) is 4.52. The molecule has 5 rings (SSSR count). The van der Waals surface area contributed by atoms with Crippen molar-refractivity contribution in [3.05, 3.63) is 90.0 Å². The third-order valence-electron chi connectivity index (χ3n) is 6.17. The molecule has 1 N–H and O–H groups in total. The van der Waals surface area contributed by atoms with Crippen molar-refractivity contribution in [2.75, 3.05) is 18.1 Å². The third-order valence-corrected chi connectivity index (χ3v) is 6.17. The summed E-state index contributed by atoms with van der Waals surface area (Å²) in [5.41, 5.74) is 3.53. The summed E-state index contributed by atoms with van der Waals surface area (Å²) in [6.45, 7) is 2.89. The van der Waals surface area contributed by atoms with Crippen LogP contribution in [0.4, 0.5) is 10.1 Å². The zero-order valence-electron chi connectivity index (χ0n) is 18.9. The second kappa shape index (κ2) is 9.27. The largest absolute Gasteiger partial charge is 0.491 e. The molecule has 4 aromatic rings. The number of hydrogen-bond acceptors (Lipinski definition) is 4. The number of carbonyl (C=O) groups excluding carboxylic acids is 1. The number of carbonyl (C=O) groups is 1. The molecule has 1 fully saturated rings. The first-order valence-corrected chi connectivity index (χ1v) is 11.4. The molecule has 0 unspecified atom stereocenters. The van der Waals surface area contributed by atoms with E-state index in [0.717, 1.165) is 22.4 Å². The maximum absolute atomic E-state index is 13.3. The van der Waals surface area contributed by atoms with Crippen LogP contribution in [0.5, 0.6) is 5.75 Å². The van der Waals surface area contributed by atoms with Crippen molar-refractivity contribution in [1.29, 1.82) is 0 Å². The van der Waals surface area contributed by atoms with Crippen LogP contribution in [0.15, 0.2) is 72.8 Å². The lowest BCUT2D eigenvalue weighted by Gasteiger charge is -2.19. The van der Waals surface area contributed by atoms with Crippen molar-refractivity contribution in [3.63, 3.8) is 0 Å². The molecule has 1 aliphatic rings. The number of aliphatic hydroxyl groups is 1. The normalized spacial score (nSPS) is 16.9. The highest BCUT2D eigenvalue weighted by atomic mass is 19.1. The molecule has 0 saturated carbocycles. The molecule has 174 valence electrons. The van der Waals surface area contributed by atoms with Crippen LogP contribution in [0.1, 0.15) is 23.7 Å². The number of amides is 1. The van der Waals surface area contributed by atoms with E-state index in [1.807, 2.05) is 60.0 Å². The average molecular weight is 460 g/mol. The van der Waals surface area contributed by atoms with E-state index in [1.165, 1.54) is 12.1 Å². The molecule has 7 heteroatoms. The predicted molar refractivity (Wildman–Crippen MR) is 129 cm³/mol. The number of benzene rings is 3. The van der Waals surface area contributed by atoms with Gasteiger partial charge in [0.25, 0.3) is 0 Å². The van der Waals surface area contributed by atoms with E-state index in [1.54, 1.807) is 17.0 Å². The predicted octanol–water partition coefficient (Wildman–Crippen LogP) is 4.44. The number of para-hydroxylation sites is 2. The van der Waals surface area contributed by atoms with Gasteiger partial charge in [0.05, 0.1) is 17.6 Å². The Labute approximate surface area is 197 Å². The molecule has 1 amide bonds. The van der Waals surface area contributed by atoms with Crippen LogP contribution < -0.4 is 9.64 Å². The Morgan fingerprint density at radius 2 is 1.82 bits per heavy atom. The van der Waals surface area contributed by atoms with Gasteiger partial charge in [0.15, 0.2) is 0 Å². The molecule has 3 aromatic carbocycles. The summed E-state index contributed by atoms with van der Waals surface area (Å²) in [5.74, 6) is 0.953. The van der Waals surface area contributed by atoms with E-state index in [4.69, 9.17) is 9.72 Å². The van der Waals surface area contributed by atoms with Crippen molar-refractivity contribution in [3.8, 4) is 5.75 Å². The number of aliphatic hydroxyl groups excluding tert-OH is 1. The maximum Gasteiger partial charge on any atom is 0.227 e. The summed E-state index contributed by atoms with van der Waals surface area (Å²) >= 11 is 0. The van der Waals surface area contributed by atoms with Crippen molar-refractivity contribution in [2.24, 2.45) is 0 Å². The fourth-order valence-electron chi connectivity index (χ4n) is 4.44. The minimum absolute atomic E-state index is 0.0292. The molecule has 1 aliphatic heterocycles. The zero-order valence-corrected chi connectivity index (χ0v) is 18.9. The number of aryl methyl sites for hydroxylation is 1. The molecule has 0 aliphatic carbocycles. The molecule has 0 spiro atoms. The number of rotatable bonds is 7. The van der Waals surface area contributed by atoms with E-state index in [2.05, 4.69) is 0 Å². The first kappa shape index (κ1) is 22.1. The highest BCUT2D eigenvalue weighted by Gasteiger charge is 2.35. The zero-order chi connectivity index (χ0) is 23.7. The summed E-state index contributed by atoms with van der Waals surface area (Å²) in [6, 6.07) is 21.4. The number of anilines is 1. The molecule has 0 radical (unpaired) electrons. The number of nitrogens with zero attached hydrogens (tertiary/aromatic N) is 3. The van der Waals surface area contributed by atoms with Gasteiger partial charge in [-0.2, -0.15) is 0 Å². The summed E-state index contributed by atoms with van der Waals surface area (Å²) in [6.07, 6.45) is -0.459. The van der Waals surface area contributed by atoms with Crippen molar-refractivity contribution < 1.29 is 19.0 Å². The number of fused-ring (bicyclic) bond motifs is 1. The minimum Gasteiger partial charge on any atom is -0.491 e. The van der Waals surface area contributed by atoms with Gasteiger partial charge in [0.2, 0.25) is 5.91 Å². The Balaban J connectivity index is 1.37. The first-order chi connectivity index (χ1) is 16.5. The molecule has 34 heavy (non-hydrogen) atoms. The van der Waals surface area contributed by atoms with E-state index < -0.39 is 6.10 Å². The number of imidazole rings is 1. The fourth-order valence-corrected chi connectivity index (χ4v) is 4.44. The van der Waals surface area contributed by atoms with Crippen LogP contribution in [0.3, 0.4) is 0 Å². The van der Waals surface area contributed by atoms with E-state index in [9.17, 15) is 14.3 Å². The molecular formula is C27H26FN3O3. The standard InChI is InChI=1S/C27H26FN3O3/c1-18-6-12-23(13-7-18)34-17-22(32)16-31-25-5-3-2-4-24(25)29-27(31)19-14-26(33)30(15-19)21-10-8-20(28)9-11-21/h2-13,19,22,32H,14-17H2,1H3/t19-,22+/m0/s1. The second-order valence-corrected chi connectivity index (χ2v) is 8.73. The SMILES string of the molecule is Cc1ccc(OC[C@H](O)Cn2c([C@H]3CC(=O)N(c4ccc(F)cc4)C3)nc3ccccc32)cc1. The molecule has 0 bridgehead atoms. The summed E-state index contributed by atoms with van der Waals surface area (Å²) in [7, 11) is 0. The van der Waals surface area contributed by atoms with Crippen LogP contribution in [-0.4, -0.2) is 39.8 Å². The Morgan fingerprint density at radius 1 is 1.09 bits per heavy atom. The van der Waals surface area contributed by atoms with Crippen LogP contribution in [0.2, 0.25) is 0 Å². The molecule has 2 atom stereocenters. The molecule has 1 saturated heterocycles. The van der Waals surface area contributed by atoms with E-state index in [0.29, 0.717) is 30.9 Å². The lowest BCUT2D eigenvalue weighted by Crippen LogP contribution is -2.26. The van der Waals surface area contributed by atoms with Crippen LogP contribution in [0, 0.1) is 12.7 Å². The highest BCUT2D eigenvalue weighted by molar-refractivity contribution is 5.96. The van der Waals surface area contributed by atoms with E-state index in [-0.39, 0.29) is 24.2 Å². The van der Waals surface area contributed by atoms with Crippen molar-refractivity contribution in [1.82, 2.24) is 9.55 Å². The topological polar surface area (TPSA) is 67.6 Å². The van der Waals surface area contributed by atoms with Gasteiger partial charge in [0.1, 0.15) is 30.1 Å². The average Bonchev–Trinajstić information content (AvgIpc) is 3.40. The molecular weight excluding hydrogens is 433 g/mol. The number of halogens is 1. The number of ether oxygens (including phenoxy) is 1. The van der Waals surface area contributed by atoms with Crippen LogP contribution in [0.25, 0.3) is 11.0 Å². The summed E-state index contributed by atoms with van der Waals surface area (Å²) < 4.78 is 21.1. The van der Waals surface area contributed by atoms with Gasteiger partial charge in [-0.1, -0.05) is 29.8 Å². The van der Waals surface area contributed by atoms with Gasteiger partial charge in [0, 0.05) is 24.6 Å². The van der Waals surface area contributed by atoms with Crippen molar-refractivity contribution in [2.45, 2.75) is 31.9 Å². The maximum atomic E-state index is 13.3. The molecule has 1 aromatic heterocycles. The van der Waals surface area contributed by atoms with Crippen molar-refractivity contribution >= 4 is 22.6 Å². The highest BCUT2D eigenvalue weighted by Crippen LogP contribution is 2.33. The van der Waals surface area contributed by atoms with Gasteiger partial charge in [-0.3, -0.25) is 4.79 Å². The Hall–Kier alpha value is -3.71. The van der Waals surface area contributed by atoms with Gasteiger partial charge in [-0.25, -0.2) is 9.37 Å². The number of aromatic nitrogens is 2. The fraction of sp³-hybridized carbons (Fsp3) is 0.259. The lowest BCUT2D eigenvalue weighted by atomic mass is 10.1. The van der Waals surface area contributed by atoms with Gasteiger partial charge in [-0.15, -0.1) is 0 Å². The van der Waals surface area contributed by atoms with Gasteiger partial charge >= 0.3 is 0 Å². The Kier molecular flexibility index (Phi) is 6.02. The van der Waals surface area contributed by atoms with Gasteiger partial charge < -0.3 is 19.3 Å². The smallest absolute Gasteiger partial charge is 0.227 e. The van der Waals surface area contributed by atoms with Crippen LogP contribution in [-0.2, 0) is 11.3 Å². The number of hydrogen-bond donors (Lipinski definition) is 1. The Morgan fingerprint density at radius 3 is 2.59 bits per heavy atom. The Bertz CT molecular complexity index is 1300. The monoisotopic (exact) mass is 459 g/mol.